The van der Waals surface area contributed by atoms with E-state index >= 15 is 0 Å². The SMILES string of the molecule is CN1C(=CC=C(C=CC2=[N+](C)c3ccccc3C2(C)C)CCCO)C(C)(C)c2ccccc21. The molecule has 0 atom stereocenters. The minimum absolute atomic E-state index is 0.0439. The van der Waals surface area contributed by atoms with E-state index in [1.54, 1.807) is 0 Å². The summed E-state index contributed by atoms with van der Waals surface area (Å²) in [5, 5.41) is 9.47. The number of nitrogens with zero attached hydrogens (tertiary/aromatic N) is 2. The fourth-order valence-electron chi connectivity index (χ4n) is 5.48. The maximum absolute atomic E-state index is 9.47. The van der Waals surface area contributed by atoms with Crippen molar-refractivity contribution in [3.63, 3.8) is 0 Å². The smallest absolute Gasteiger partial charge is 0.209 e. The Hall–Kier alpha value is -2.91. The fourth-order valence-corrected chi connectivity index (χ4v) is 5.48. The number of para-hydroxylation sites is 2. The van der Waals surface area contributed by atoms with Gasteiger partial charge < -0.3 is 10.0 Å². The van der Waals surface area contributed by atoms with Crippen molar-refractivity contribution >= 4 is 17.1 Å². The molecule has 3 heteroatoms. The summed E-state index contributed by atoms with van der Waals surface area (Å²) in [6, 6.07) is 17.3. The molecule has 0 aliphatic carbocycles. The highest BCUT2D eigenvalue weighted by atomic mass is 16.2. The minimum atomic E-state index is -0.0439. The van der Waals surface area contributed by atoms with Crippen LogP contribution in [0.1, 0.15) is 51.7 Å². The van der Waals surface area contributed by atoms with Crippen molar-refractivity contribution in [2.24, 2.45) is 0 Å². The van der Waals surface area contributed by atoms with Crippen molar-refractivity contribution in [3.8, 4) is 0 Å². The van der Waals surface area contributed by atoms with E-state index in [2.05, 4.69) is 124 Å². The molecule has 0 saturated carbocycles. The van der Waals surface area contributed by atoms with Crippen LogP contribution in [0.3, 0.4) is 0 Å². The standard InChI is InChI=1S/C30H37N2O/c1-29(2)23-13-7-9-15-25(23)31(5)27(29)19-17-22(12-11-21-33)18-20-28-30(3,4)24-14-8-10-16-26(24)32(28)6/h7-10,13-20,33H,11-12,21H2,1-6H3/q+1. The van der Waals surface area contributed by atoms with Crippen molar-refractivity contribution in [1.29, 1.82) is 0 Å². The van der Waals surface area contributed by atoms with Crippen LogP contribution in [-0.2, 0) is 10.8 Å². The molecule has 2 aliphatic rings. The van der Waals surface area contributed by atoms with Crippen LogP contribution < -0.4 is 4.90 Å². The maximum atomic E-state index is 9.47. The highest BCUT2D eigenvalue weighted by Gasteiger charge is 2.42. The molecule has 4 rings (SSSR count). The van der Waals surface area contributed by atoms with E-state index in [1.165, 1.54) is 39.5 Å². The normalized spacial score (nSPS) is 20.2. The van der Waals surface area contributed by atoms with Gasteiger partial charge >= 0.3 is 0 Å². The first-order valence-corrected chi connectivity index (χ1v) is 11.9. The van der Waals surface area contributed by atoms with Crippen LogP contribution in [0.2, 0.25) is 0 Å². The summed E-state index contributed by atoms with van der Waals surface area (Å²) >= 11 is 0. The Labute approximate surface area is 199 Å². The predicted octanol–water partition coefficient (Wildman–Crippen LogP) is 6.26. The van der Waals surface area contributed by atoms with Crippen LogP contribution in [-0.4, -0.2) is 36.1 Å². The molecule has 0 radical (unpaired) electrons. The Morgan fingerprint density at radius 2 is 1.64 bits per heavy atom. The molecule has 0 saturated heterocycles. The first-order chi connectivity index (χ1) is 15.7. The molecule has 2 aliphatic heterocycles. The number of aliphatic hydroxyl groups is 1. The molecule has 33 heavy (non-hydrogen) atoms. The number of hydrogen-bond acceptors (Lipinski definition) is 2. The lowest BCUT2D eigenvalue weighted by atomic mass is 9.81. The van der Waals surface area contributed by atoms with E-state index < -0.39 is 0 Å². The Balaban J connectivity index is 1.68. The molecule has 0 unspecified atom stereocenters. The molecule has 2 heterocycles. The van der Waals surface area contributed by atoms with Gasteiger partial charge in [-0.25, -0.2) is 0 Å². The van der Waals surface area contributed by atoms with Crippen molar-refractivity contribution in [2.75, 3.05) is 25.6 Å². The number of allylic oxidation sites excluding steroid dienone is 6. The van der Waals surface area contributed by atoms with Crippen molar-refractivity contribution in [3.05, 3.63) is 95.2 Å². The fraction of sp³-hybridized carbons (Fsp3) is 0.367. The second-order valence-electron chi connectivity index (χ2n) is 10.2. The van der Waals surface area contributed by atoms with E-state index in [9.17, 15) is 5.11 Å². The summed E-state index contributed by atoms with van der Waals surface area (Å²) in [7, 11) is 4.30. The van der Waals surface area contributed by atoms with Crippen LogP contribution in [0.15, 0.2) is 84.1 Å². The zero-order valence-electron chi connectivity index (χ0n) is 20.9. The lowest BCUT2D eigenvalue weighted by molar-refractivity contribution is -0.401. The highest BCUT2D eigenvalue weighted by molar-refractivity contribution is 6.03. The summed E-state index contributed by atoms with van der Waals surface area (Å²) in [4.78, 5) is 2.30. The highest BCUT2D eigenvalue weighted by Crippen LogP contribution is 2.46. The molecule has 0 amide bonds. The minimum Gasteiger partial charge on any atom is -0.396 e. The van der Waals surface area contributed by atoms with Gasteiger partial charge in [0.15, 0.2) is 5.71 Å². The topological polar surface area (TPSA) is 26.5 Å². The van der Waals surface area contributed by atoms with Gasteiger partial charge in [0, 0.05) is 48.2 Å². The summed E-state index contributed by atoms with van der Waals surface area (Å²) in [6.45, 7) is 9.37. The third kappa shape index (κ3) is 4.00. The number of rotatable bonds is 6. The first kappa shape index (κ1) is 23.3. The molecular formula is C30H37N2O+. The van der Waals surface area contributed by atoms with Gasteiger partial charge in [-0.2, -0.15) is 4.58 Å². The molecule has 0 aromatic heterocycles. The van der Waals surface area contributed by atoms with Crippen LogP contribution >= 0.6 is 0 Å². The van der Waals surface area contributed by atoms with Crippen molar-refractivity contribution in [2.45, 2.75) is 51.4 Å². The third-order valence-corrected chi connectivity index (χ3v) is 7.42. The molecule has 2 aromatic carbocycles. The zero-order chi connectivity index (χ0) is 23.8. The van der Waals surface area contributed by atoms with Gasteiger partial charge in [-0.05, 0) is 50.0 Å². The average Bonchev–Trinajstić information content (AvgIpc) is 3.12. The van der Waals surface area contributed by atoms with Crippen molar-refractivity contribution < 1.29 is 9.68 Å². The monoisotopic (exact) mass is 441 g/mol. The average molecular weight is 442 g/mol. The lowest BCUT2D eigenvalue weighted by Crippen LogP contribution is -2.26. The van der Waals surface area contributed by atoms with Gasteiger partial charge in [0.05, 0.1) is 5.41 Å². The summed E-state index contributed by atoms with van der Waals surface area (Å²) < 4.78 is 2.30. The third-order valence-electron chi connectivity index (χ3n) is 7.42. The Morgan fingerprint density at radius 1 is 0.970 bits per heavy atom. The van der Waals surface area contributed by atoms with Gasteiger partial charge in [0.2, 0.25) is 5.69 Å². The number of aliphatic hydroxyl groups excluding tert-OH is 1. The molecular weight excluding hydrogens is 404 g/mol. The largest absolute Gasteiger partial charge is 0.396 e. The predicted molar refractivity (Wildman–Crippen MR) is 140 cm³/mol. The number of anilines is 1. The van der Waals surface area contributed by atoms with Crippen LogP contribution in [0.5, 0.6) is 0 Å². The molecule has 172 valence electrons. The zero-order valence-corrected chi connectivity index (χ0v) is 20.9. The Morgan fingerprint density at radius 3 is 2.30 bits per heavy atom. The number of fused-ring (bicyclic) bond motifs is 2. The number of likely N-dealkylation sites (N-methyl/N-ethyl adjacent to an activating group) is 1. The van der Waals surface area contributed by atoms with Crippen LogP contribution in [0.25, 0.3) is 0 Å². The molecule has 0 fully saturated rings. The van der Waals surface area contributed by atoms with E-state index in [0.29, 0.717) is 0 Å². The summed E-state index contributed by atoms with van der Waals surface area (Å²) in [5.74, 6) is 0. The summed E-state index contributed by atoms with van der Waals surface area (Å²) in [5.41, 5.74) is 8.99. The van der Waals surface area contributed by atoms with Crippen LogP contribution in [0, 0.1) is 0 Å². The molecule has 0 spiro atoms. The second kappa shape index (κ2) is 8.79. The first-order valence-electron chi connectivity index (χ1n) is 11.9. The number of benzene rings is 2. The summed E-state index contributed by atoms with van der Waals surface area (Å²) in [6.07, 6.45) is 10.6. The second-order valence-corrected chi connectivity index (χ2v) is 10.2. The van der Waals surface area contributed by atoms with Gasteiger partial charge in [-0.3, -0.25) is 0 Å². The van der Waals surface area contributed by atoms with E-state index in [-0.39, 0.29) is 17.4 Å². The lowest BCUT2D eigenvalue weighted by Gasteiger charge is -2.23. The van der Waals surface area contributed by atoms with Crippen molar-refractivity contribution in [1.82, 2.24) is 0 Å². The van der Waals surface area contributed by atoms with Gasteiger partial charge in [0.25, 0.3) is 0 Å². The molecule has 3 nitrogen and oxygen atoms in total. The van der Waals surface area contributed by atoms with E-state index in [4.69, 9.17) is 0 Å². The molecule has 1 N–H and O–H groups in total. The van der Waals surface area contributed by atoms with Gasteiger partial charge in [-0.1, -0.05) is 62.4 Å². The Bertz CT molecular complexity index is 1180. The van der Waals surface area contributed by atoms with E-state index in [0.717, 1.165) is 12.8 Å². The van der Waals surface area contributed by atoms with Gasteiger partial charge in [0.1, 0.15) is 7.05 Å². The van der Waals surface area contributed by atoms with Gasteiger partial charge in [-0.15, -0.1) is 0 Å². The number of hydrogen-bond donors (Lipinski definition) is 1. The quantitative estimate of drug-likeness (QED) is 0.423. The molecule has 2 aromatic rings. The molecule has 0 bridgehead atoms. The van der Waals surface area contributed by atoms with Crippen LogP contribution in [0.4, 0.5) is 11.4 Å². The Kier molecular flexibility index (Phi) is 6.20. The van der Waals surface area contributed by atoms with E-state index in [1.807, 2.05) is 0 Å². The maximum Gasteiger partial charge on any atom is 0.209 e.